The summed E-state index contributed by atoms with van der Waals surface area (Å²) in [7, 11) is 0. The Hall–Kier alpha value is -7.87. The van der Waals surface area contributed by atoms with Crippen LogP contribution in [-0.2, 0) is 47.7 Å². The summed E-state index contributed by atoms with van der Waals surface area (Å²) in [5, 5.41) is 119. The van der Waals surface area contributed by atoms with Gasteiger partial charge in [-0.15, -0.1) is 23.1 Å². The van der Waals surface area contributed by atoms with Crippen molar-refractivity contribution in [2.75, 3.05) is 50.9 Å². The number of anilines is 1. The van der Waals surface area contributed by atoms with Crippen LogP contribution >= 0.6 is 23.1 Å². The lowest BCUT2D eigenvalue weighted by Crippen LogP contribution is -2.65. The van der Waals surface area contributed by atoms with Gasteiger partial charge in [0.05, 0.1) is 85.0 Å². The van der Waals surface area contributed by atoms with Crippen LogP contribution in [0.2, 0.25) is 0 Å². The van der Waals surface area contributed by atoms with Crippen LogP contribution < -0.4 is 72.0 Å². The van der Waals surface area contributed by atoms with Gasteiger partial charge in [-0.05, 0) is 40.2 Å². The molecule has 3 aliphatic rings. The summed E-state index contributed by atoms with van der Waals surface area (Å²) < 4.78 is 28.7. The first kappa shape index (κ1) is 82.1. The molecule has 42 nitrogen and oxygen atoms in total. The number of aromatic amines is 1. The van der Waals surface area contributed by atoms with Gasteiger partial charge in [-0.1, -0.05) is 12.1 Å². The molecule has 44 heteroatoms. The third kappa shape index (κ3) is 22.3. The summed E-state index contributed by atoms with van der Waals surface area (Å²) >= 11 is 2.60. The molecule has 101 heavy (non-hydrogen) atoms. The van der Waals surface area contributed by atoms with Crippen molar-refractivity contribution < 1.29 is 108 Å². The van der Waals surface area contributed by atoms with Crippen LogP contribution in [0.3, 0.4) is 0 Å². The number of nitrogens with two attached hydrogens (primary N) is 7. The number of amides is 8. The number of ether oxygens (including phenoxy) is 5. The van der Waals surface area contributed by atoms with Crippen molar-refractivity contribution in [1.29, 1.82) is 0 Å². The second-order valence-electron chi connectivity index (χ2n) is 24.0. The Labute approximate surface area is 584 Å². The number of aliphatic hydroxyl groups is 8. The van der Waals surface area contributed by atoms with Crippen LogP contribution in [-0.4, -0.2) is 278 Å². The Balaban J connectivity index is 1.23. The van der Waals surface area contributed by atoms with E-state index in [1.54, 1.807) is 5.38 Å². The van der Waals surface area contributed by atoms with Gasteiger partial charge in [0.2, 0.25) is 29.5 Å². The molecule has 2 fully saturated rings. The number of oxime groups is 1. The van der Waals surface area contributed by atoms with Crippen molar-refractivity contribution in [2.24, 2.45) is 50.5 Å². The second kappa shape index (κ2) is 38.4. The quantitative estimate of drug-likeness (QED) is 0.0144. The molecule has 6 rings (SSSR count). The van der Waals surface area contributed by atoms with Crippen molar-refractivity contribution in [2.45, 2.75) is 182 Å². The zero-order valence-corrected chi connectivity index (χ0v) is 56.8. The molecule has 0 aromatic carbocycles. The minimum atomic E-state index is -2.21. The molecular formula is C57H90N20O22S2. The molecular weight excluding hydrogens is 1380 g/mol. The van der Waals surface area contributed by atoms with Crippen molar-refractivity contribution >= 4 is 87.1 Å². The number of thioether (sulfide) groups is 1. The molecule has 30 N–H and O–H groups in total. The fourth-order valence-electron chi connectivity index (χ4n) is 10.6. The average molecular weight is 1470 g/mol. The summed E-state index contributed by atoms with van der Waals surface area (Å²) in [6.07, 6.45) is -23.7. The van der Waals surface area contributed by atoms with Gasteiger partial charge in [-0.25, -0.2) is 24.7 Å². The Kier molecular flexibility index (Phi) is 31.2. The number of aliphatic imine (C=N–C) groups is 1. The number of thiazole rings is 1. The molecule has 3 aromatic rings. The molecule has 21 atom stereocenters. The van der Waals surface area contributed by atoms with Crippen molar-refractivity contribution in [3.63, 3.8) is 0 Å². The highest BCUT2D eigenvalue weighted by Gasteiger charge is 2.54. The molecule has 3 aliphatic heterocycles. The van der Waals surface area contributed by atoms with E-state index in [2.05, 4.69) is 62.0 Å². The first-order valence-corrected chi connectivity index (χ1v) is 33.5. The van der Waals surface area contributed by atoms with Crippen LogP contribution in [0.4, 0.5) is 10.6 Å². The molecule has 6 heterocycles. The van der Waals surface area contributed by atoms with Crippen LogP contribution in [0.5, 0.6) is 0 Å². The van der Waals surface area contributed by atoms with Crippen LogP contribution in [0.25, 0.3) is 0 Å². The highest BCUT2D eigenvalue weighted by molar-refractivity contribution is 8.14. The third-order valence-corrected chi connectivity index (χ3v) is 18.4. The molecule has 0 saturated carbocycles. The number of carbonyl (C=O) groups excluding carboxylic acids is 8. The molecule has 0 aliphatic carbocycles. The first-order chi connectivity index (χ1) is 47.8. The average Bonchev–Trinajstić information content (AvgIpc) is 0.957. The molecule has 0 spiro atoms. The minimum absolute atomic E-state index is 0.0196. The van der Waals surface area contributed by atoms with Crippen LogP contribution in [0, 0.1) is 12.8 Å². The molecule has 12 unspecified atom stereocenters. The monoisotopic (exact) mass is 1470 g/mol. The van der Waals surface area contributed by atoms with E-state index in [4.69, 9.17) is 68.8 Å². The predicted octanol–water partition coefficient (Wildman–Crippen LogP) is -8.77. The Morgan fingerprint density at radius 1 is 0.832 bits per heavy atom. The Bertz CT molecular complexity index is 3360. The maximum atomic E-state index is 15.2. The zero-order chi connectivity index (χ0) is 74.7. The van der Waals surface area contributed by atoms with Gasteiger partial charge in [0.15, 0.2) is 18.7 Å². The fraction of sp³-hybridized carbons (Fsp3) is 0.649. The smallest absolute Gasteiger partial charge is 0.404 e. The van der Waals surface area contributed by atoms with Crippen LogP contribution in [0.15, 0.2) is 28.1 Å². The SMILES string of the molecule is Cc1c(N)nc([C@H](CC(N)=O)NC[C@H](N)C(N)=O)nc1C(=O)N[C@H](C(=O)N[C@H](C)[C@@H](O)[C@H](C)C(=O)N[C@H](C(=O)NCCC1=NC(c2nc(C(=O)NC/C(CC(N)CCCN)=N\O)cs2)CS1)[C@@H](C)O)[C@@H](OC1OC(CO)C(O)C(O)C1OC1OC(CO)C(O)C(OC(N)=O)C1O)c1cnc[nH]1. The lowest BCUT2D eigenvalue weighted by Gasteiger charge is -2.47. The van der Waals surface area contributed by atoms with E-state index in [-0.39, 0.29) is 72.8 Å². The Morgan fingerprint density at radius 2 is 1.52 bits per heavy atom. The molecule has 562 valence electrons. The van der Waals surface area contributed by atoms with Gasteiger partial charge in [-0.2, -0.15) is 0 Å². The highest BCUT2D eigenvalue weighted by atomic mass is 32.2. The number of rotatable bonds is 38. The summed E-state index contributed by atoms with van der Waals surface area (Å²) in [4.78, 5) is 131. The van der Waals surface area contributed by atoms with Gasteiger partial charge in [0.25, 0.3) is 11.8 Å². The molecule has 0 radical (unpaired) electrons. The number of aliphatic hydroxyl groups excluding tert-OH is 8. The zero-order valence-electron chi connectivity index (χ0n) is 55.2. The second-order valence-corrected chi connectivity index (χ2v) is 26.0. The largest absolute Gasteiger partial charge is 0.441 e. The molecule has 3 aromatic heterocycles. The van der Waals surface area contributed by atoms with E-state index in [0.717, 1.165) is 12.5 Å². The van der Waals surface area contributed by atoms with E-state index >= 15 is 4.79 Å². The molecule has 0 bridgehead atoms. The van der Waals surface area contributed by atoms with E-state index in [1.165, 1.54) is 50.8 Å². The van der Waals surface area contributed by atoms with E-state index in [9.17, 15) is 79.6 Å². The standard InChI is InChI=1S/C57H90N20O22S2/c1-20-35(73-48(76-46(20)62)27(11-33(61)81)67-13-26(60)47(63)87)52(91)75-37(43(28-14-65-19-69-28)97-56-45(41(85)39(83)31(15-78)96-56)98-55-42(86)44(99-57(64)93)40(84)32(16-79)95-55)53(92)70-22(3)38(82)21(2)49(88)74-36(23(4)80)51(90)66-9-7-34-71-30(18-100-34)54-72-29(17-101-54)50(89)68-12-25(77-94)10-24(59)6-5-8-58/h14,17,19,21-24,26-27,30-32,36-45,55-56,67,78-80,82-86,94H,5-13,15-16,18,58-60H2,1-4H3,(H2,61,81)(H2,63,87)(H2,64,93)(H,65,69)(H,66,90)(H,68,89)(H,70,92)(H,74,88)(H,75,91)(H2,62,73,76)/b77-25-/t21-,22+,23+,24?,26-,27-,30?,31?,32?,36-,37-,38-,39?,40?,41?,42?,43-,44?,45?,55?,56?/m0/s1. The third-order valence-electron chi connectivity index (χ3n) is 16.4. The Morgan fingerprint density at radius 3 is 2.15 bits per heavy atom. The van der Waals surface area contributed by atoms with Gasteiger partial charge in [0, 0.05) is 55.1 Å². The van der Waals surface area contributed by atoms with E-state index in [0.29, 0.717) is 35.2 Å². The maximum Gasteiger partial charge on any atom is 0.404 e. The molecule has 2 saturated heterocycles. The number of primary amides is 3. The van der Waals surface area contributed by atoms with Gasteiger partial charge >= 0.3 is 6.09 Å². The van der Waals surface area contributed by atoms with Gasteiger partial charge in [0.1, 0.15) is 95.0 Å². The fourth-order valence-corrected chi connectivity index (χ4v) is 12.5. The number of imidazole rings is 1. The number of hydrogen-bond donors (Lipinski definition) is 23. The van der Waals surface area contributed by atoms with Crippen LogP contribution in [0.1, 0.15) is 114 Å². The minimum Gasteiger partial charge on any atom is -0.441 e. The first-order valence-electron chi connectivity index (χ1n) is 31.7. The number of nitrogens with zero attached hydrogens (tertiary/aromatic N) is 6. The normalized spacial score (nSPS) is 25.3. The topological polar surface area (TPSA) is 711 Å². The predicted molar refractivity (Wildman–Crippen MR) is 353 cm³/mol. The van der Waals surface area contributed by atoms with Gasteiger partial charge < -0.3 is 147 Å². The number of nitrogen functional groups attached to an aromatic ring is 1. The number of H-pyrrole nitrogens is 1. The van der Waals surface area contributed by atoms with Crippen molar-refractivity contribution in [3.05, 3.63) is 51.4 Å². The van der Waals surface area contributed by atoms with Gasteiger partial charge in [-0.3, -0.25) is 38.6 Å². The lowest BCUT2D eigenvalue weighted by molar-refractivity contribution is -0.372. The van der Waals surface area contributed by atoms with E-state index < -0.39 is 195 Å². The summed E-state index contributed by atoms with van der Waals surface area (Å²) in [5.74, 6) is -8.52. The maximum absolute atomic E-state index is 15.2. The van der Waals surface area contributed by atoms with E-state index in [1.807, 2.05) is 0 Å². The number of carbonyl (C=O) groups is 8. The lowest BCUT2D eigenvalue weighted by atomic mass is 9.96. The number of aromatic nitrogens is 5. The van der Waals surface area contributed by atoms with Crippen molar-refractivity contribution in [3.8, 4) is 0 Å². The number of hydrogen-bond acceptors (Lipinski definition) is 35. The number of nitrogens with one attached hydrogen (secondary N) is 7. The summed E-state index contributed by atoms with van der Waals surface area (Å²) in [6.45, 7) is 2.97. The highest BCUT2D eigenvalue weighted by Crippen LogP contribution is 2.36. The van der Waals surface area contributed by atoms with Crippen molar-refractivity contribution in [1.82, 2.24) is 56.8 Å². The molecule has 8 amide bonds. The summed E-state index contributed by atoms with van der Waals surface area (Å²) in [5.41, 5.74) is 39.3. The summed E-state index contributed by atoms with van der Waals surface area (Å²) in [6, 6.07) is -8.65.